The number of nitrogens with zero attached hydrogens (tertiary/aromatic N) is 2. The topological polar surface area (TPSA) is 44.1 Å². The Morgan fingerprint density at radius 3 is 2.53 bits per heavy atom. The van der Waals surface area contributed by atoms with E-state index < -0.39 is 0 Å². The number of thiophene rings is 1. The lowest BCUT2D eigenvalue weighted by Crippen LogP contribution is -2.21. The first-order valence-corrected chi connectivity index (χ1v) is 13.3. The van der Waals surface area contributed by atoms with Crippen molar-refractivity contribution < 1.29 is 4.74 Å². The zero-order valence-corrected chi connectivity index (χ0v) is 21.1. The first-order chi connectivity index (χ1) is 15.5. The minimum atomic E-state index is -0.00890. The highest BCUT2D eigenvalue weighted by atomic mass is 32.2. The number of ether oxygens (including phenoxy) is 1. The van der Waals surface area contributed by atoms with Gasteiger partial charge >= 0.3 is 0 Å². The van der Waals surface area contributed by atoms with Crippen LogP contribution in [-0.2, 0) is 6.42 Å². The first kappa shape index (κ1) is 23.0. The molecule has 0 radical (unpaired) electrons. The van der Waals surface area contributed by atoms with Crippen LogP contribution in [-0.4, -0.2) is 28.2 Å². The molecule has 2 aromatic carbocycles. The molecule has 0 saturated heterocycles. The van der Waals surface area contributed by atoms with Crippen LogP contribution in [0.1, 0.15) is 22.9 Å². The summed E-state index contributed by atoms with van der Waals surface area (Å²) in [6.45, 7) is 6.25. The van der Waals surface area contributed by atoms with E-state index in [1.807, 2.05) is 43.0 Å². The van der Waals surface area contributed by atoms with Gasteiger partial charge in [-0.2, -0.15) is 0 Å². The average molecular weight is 483 g/mol. The molecule has 0 N–H and O–H groups in total. The lowest BCUT2D eigenvalue weighted by molar-refractivity contribution is 0.414. The predicted octanol–water partition coefficient (Wildman–Crippen LogP) is 6.52. The van der Waals surface area contributed by atoms with Crippen molar-refractivity contribution in [3.8, 4) is 11.4 Å². The number of fused-ring (bicyclic) bond motifs is 1. The second-order valence-corrected chi connectivity index (χ2v) is 10.7. The van der Waals surface area contributed by atoms with Gasteiger partial charge in [0, 0.05) is 27.3 Å². The van der Waals surface area contributed by atoms with Crippen molar-refractivity contribution in [3.05, 3.63) is 74.9 Å². The van der Waals surface area contributed by atoms with Crippen LogP contribution in [0.15, 0.2) is 63.4 Å². The molecule has 0 aliphatic carbocycles. The number of methoxy groups -OCH3 is 1. The van der Waals surface area contributed by atoms with Gasteiger partial charge in [0.15, 0.2) is 5.16 Å². The minimum Gasteiger partial charge on any atom is -0.497 e. The van der Waals surface area contributed by atoms with E-state index in [4.69, 9.17) is 9.72 Å². The van der Waals surface area contributed by atoms with E-state index in [9.17, 15) is 4.79 Å². The highest BCUT2D eigenvalue weighted by Gasteiger charge is 2.19. The summed E-state index contributed by atoms with van der Waals surface area (Å²) in [6, 6.07) is 16.2. The van der Waals surface area contributed by atoms with Crippen LogP contribution >= 0.6 is 34.9 Å². The Morgan fingerprint density at radius 1 is 1.06 bits per heavy atom. The predicted molar refractivity (Wildman–Crippen MR) is 139 cm³/mol. The summed E-state index contributed by atoms with van der Waals surface area (Å²) in [5.74, 6) is 2.51. The van der Waals surface area contributed by atoms with Crippen LogP contribution in [0.2, 0.25) is 0 Å². The van der Waals surface area contributed by atoms with E-state index in [1.165, 1.54) is 15.3 Å². The molecule has 4 rings (SSSR count). The van der Waals surface area contributed by atoms with Crippen LogP contribution in [0.25, 0.3) is 15.9 Å². The van der Waals surface area contributed by atoms with Crippen molar-refractivity contribution in [1.82, 2.24) is 9.55 Å². The molecule has 0 bridgehead atoms. The Balaban J connectivity index is 1.69. The van der Waals surface area contributed by atoms with E-state index in [0.717, 1.165) is 50.3 Å². The van der Waals surface area contributed by atoms with E-state index in [2.05, 4.69) is 38.1 Å². The summed E-state index contributed by atoms with van der Waals surface area (Å²) in [5, 5.41) is 1.46. The molecule has 2 aromatic heterocycles. The van der Waals surface area contributed by atoms with Crippen LogP contribution < -0.4 is 10.3 Å². The molecule has 7 heteroatoms. The highest BCUT2D eigenvalue weighted by molar-refractivity contribution is 8.02. The molecule has 0 unspecified atom stereocenters. The molecule has 2 heterocycles. The van der Waals surface area contributed by atoms with Gasteiger partial charge in [-0.15, -0.1) is 23.1 Å². The zero-order valence-electron chi connectivity index (χ0n) is 18.7. The van der Waals surface area contributed by atoms with Crippen LogP contribution in [0, 0.1) is 13.8 Å². The number of benzene rings is 2. The third kappa shape index (κ3) is 4.75. The van der Waals surface area contributed by atoms with Crippen LogP contribution in [0.5, 0.6) is 5.75 Å². The maximum atomic E-state index is 13.7. The third-order valence-electron chi connectivity index (χ3n) is 5.27. The molecule has 0 spiro atoms. The zero-order chi connectivity index (χ0) is 22.7. The molecule has 0 aliphatic heterocycles. The number of aromatic nitrogens is 2. The number of thioether (sulfide) groups is 2. The standard InChI is InChI=1S/C25H26N2O2S3/c1-5-21-17(3)22-23(32-21)26-25(31-14-13-30-20-11-9-16(2)10-12-20)27(24(22)28)18-7-6-8-19(15-18)29-4/h6-12,15H,5,13-14H2,1-4H3. The lowest BCUT2D eigenvalue weighted by atomic mass is 10.2. The quantitative estimate of drug-likeness (QED) is 0.162. The molecule has 4 aromatic rings. The summed E-state index contributed by atoms with van der Waals surface area (Å²) in [5.41, 5.74) is 3.08. The van der Waals surface area contributed by atoms with Gasteiger partial charge in [0.2, 0.25) is 0 Å². The fourth-order valence-electron chi connectivity index (χ4n) is 3.55. The molecule has 0 fully saturated rings. The Labute approximate surface area is 201 Å². The van der Waals surface area contributed by atoms with Crippen molar-refractivity contribution in [2.24, 2.45) is 0 Å². The van der Waals surface area contributed by atoms with Crippen molar-refractivity contribution in [3.63, 3.8) is 0 Å². The van der Waals surface area contributed by atoms with Crippen molar-refractivity contribution in [2.75, 3.05) is 18.6 Å². The fraction of sp³-hybridized carbons (Fsp3) is 0.280. The van der Waals surface area contributed by atoms with Crippen LogP contribution in [0.4, 0.5) is 0 Å². The van der Waals surface area contributed by atoms with Crippen molar-refractivity contribution >= 4 is 45.1 Å². The molecule has 0 atom stereocenters. The third-order valence-corrected chi connectivity index (χ3v) is 8.81. The number of hydrogen-bond acceptors (Lipinski definition) is 6. The van der Waals surface area contributed by atoms with E-state index in [1.54, 1.807) is 34.8 Å². The maximum absolute atomic E-state index is 13.7. The number of aryl methyl sites for hydroxylation is 3. The normalized spacial score (nSPS) is 11.2. The van der Waals surface area contributed by atoms with E-state index >= 15 is 0 Å². The van der Waals surface area contributed by atoms with E-state index in [0.29, 0.717) is 0 Å². The molecule has 0 aliphatic rings. The second-order valence-electron chi connectivity index (χ2n) is 7.43. The van der Waals surface area contributed by atoms with Crippen molar-refractivity contribution in [2.45, 2.75) is 37.2 Å². The van der Waals surface area contributed by atoms with Gasteiger partial charge in [-0.3, -0.25) is 9.36 Å². The summed E-state index contributed by atoms with van der Waals surface area (Å²) in [7, 11) is 1.64. The average Bonchev–Trinajstić information content (AvgIpc) is 3.13. The molecule has 32 heavy (non-hydrogen) atoms. The van der Waals surface area contributed by atoms with Gasteiger partial charge in [-0.05, 0) is 50.1 Å². The summed E-state index contributed by atoms with van der Waals surface area (Å²) in [4.78, 5) is 21.9. The van der Waals surface area contributed by atoms with Gasteiger partial charge in [0.25, 0.3) is 5.56 Å². The van der Waals surface area contributed by atoms with Gasteiger partial charge in [0.05, 0.1) is 18.2 Å². The molecule has 0 saturated carbocycles. The van der Waals surface area contributed by atoms with Crippen molar-refractivity contribution in [1.29, 1.82) is 0 Å². The lowest BCUT2D eigenvalue weighted by Gasteiger charge is -2.13. The number of hydrogen-bond donors (Lipinski definition) is 0. The highest BCUT2D eigenvalue weighted by Crippen LogP contribution is 2.31. The Kier molecular flexibility index (Phi) is 7.28. The largest absolute Gasteiger partial charge is 0.497 e. The molecule has 4 nitrogen and oxygen atoms in total. The monoisotopic (exact) mass is 482 g/mol. The van der Waals surface area contributed by atoms with E-state index in [-0.39, 0.29) is 5.56 Å². The number of rotatable bonds is 8. The van der Waals surface area contributed by atoms with Gasteiger partial charge < -0.3 is 4.74 Å². The molecular formula is C25H26N2O2S3. The Hall–Kier alpha value is -2.22. The Bertz CT molecular complexity index is 1290. The van der Waals surface area contributed by atoms with Gasteiger partial charge in [0.1, 0.15) is 10.6 Å². The summed E-state index contributed by atoms with van der Waals surface area (Å²) >= 11 is 5.08. The Morgan fingerprint density at radius 2 is 1.81 bits per heavy atom. The van der Waals surface area contributed by atoms with Gasteiger partial charge in [-0.1, -0.05) is 42.4 Å². The molecule has 0 amide bonds. The SMILES string of the molecule is CCc1sc2nc(SCCSc3ccc(C)cc3)n(-c3cccc(OC)c3)c(=O)c2c1C. The first-order valence-electron chi connectivity index (χ1n) is 10.5. The second kappa shape index (κ2) is 10.1. The maximum Gasteiger partial charge on any atom is 0.267 e. The molecule has 166 valence electrons. The van der Waals surface area contributed by atoms with Gasteiger partial charge in [-0.25, -0.2) is 4.98 Å². The minimum absolute atomic E-state index is 0.00890. The summed E-state index contributed by atoms with van der Waals surface area (Å²) in [6.07, 6.45) is 0.904. The molecular weight excluding hydrogens is 456 g/mol. The van der Waals surface area contributed by atoms with Crippen LogP contribution in [0.3, 0.4) is 0 Å². The smallest absolute Gasteiger partial charge is 0.267 e. The summed E-state index contributed by atoms with van der Waals surface area (Å²) < 4.78 is 7.14. The fourth-order valence-corrected chi connectivity index (χ4v) is 6.60.